The van der Waals surface area contributed by atoms with E-state index in [1.165, 1.54) is 16.4 Å². The summed E-state index contributed by atoms with van der Waals surface area (Å²) in [6, 6.07) is 6.15. The van der Waals surface area contributed by atoms with Gasteiger partial charge in [-0.25, -0.2) is 16.8 Å². The number of benzene rings is 1. The molecule has 0 unspecified atom stereocenters. The third-order valence-electron chi connectivity index (χ3n) is 5.32. The number of nitrogens with zero attached hydrogens (tertiary/aromatic N) is 1. The van der Waals surface area contributed by atoms with Gasteiger partial charge in [0.2, 0.25) is 15.9 Å². The highest BCUT2D eigenvalue weighted by atomic mass is 32.2. The third kappa shape index (κ3) is 5.08. The Bertz CT molecular complexity index is 886. The minimum atomic E-state index is -3.51. The van der Waals surface area contributed by atoms with Crippen molar-refractivity contribution in [2.75, 3.05) is 29.9 Å². The molecule has 0 saturated carbocycles. The number of piperidine rings is 1. The number of hydrogen-bond donors (Lipinski definition) is 1. The van der Waals surface area contributed by atoms with Crippen molar-refractivity contribution in [2.24, 2.45) is 11.8 Å². The molecule has 2 aliphatic heterocycles. The van der Waals surface area contributed by atoms with Crippen molar-refractivity contribution in [3.05, 3.63) is 24.3 Å². The highest BCUT2D eigenvalue weighted by molar-refractivity contribution is 7.91. The first-order valence-corrected chi connectivity index (χ1v) is 12.5. The van der Waals surface area contributed by atoms with Crippen LogP contribution >= 0.6 is 0 Å². The maximum absolute atomic E-state index is 12.7. The minimum Gasteiger partial charge on any atom is -0.326 e. The molecule has 27 heavy (non-hydrogen) atoms. The predicted octanol–water partition coefficient (Wildman–Crippen LogP) is 1.87. The third-order valence-corrected chi connectivity index (χ3v) is 9.07. The van der Waals surface area contributed by atoms with Crippen molar-refractivity contribution < 1.29 is 21.6 Å². The van der Waals surface area contributed by atoms with E-state index in [0.717, 1.165) is 12.8 Å². The second-order valence-electron chi connectivity index (χ2n) is 7.63. The van der Waals surface area contributed by atoms with Gasteiger partial charge in [-0.15, -0.1) is 0 Å². The largest absolute Gasteiger partial charge is 0.326 e. The van der Waals surface area contributed by atoms with Crippen LogP contribution in [0, 0.1) is 11.8 Å². The van der Waals surface area contributed by atoms with Crippen LogP contribution in [0.1, 0.15) is 32.6 Å². The van der Waals surface area contributed by atoms with Crippen LogP contribution in [0.15, 0.2) is 29.2 Å². The van der Waals surface area contributed by atoms with E-state index < -0.39 is 19.9 Å². The Hall–Kier alpha value is -1.45. The van der Waals surface area contributed by atoms with Gasteiger partial charge in [-0.3, -0.25) is 4.79 Å². The van der Waals surface area contributed by atoms with Crippen LogP contribution in [-0.2, 0) is 24.7 Å². The van der Waals surface area contributed by atoms with Crippen LogP contribution in [0.25, 0.3) is 0 Å². The molecule has 2 saturated heterocycles. The Kier molecular flexibility index (Phi) is 5.93. The van der Waals surface area contributed by atoms with Gasteiger partial charge in [-0.1, -0.05) is 6.92 Å². The van der Waals surface area contributed by atoms with E-state index >= 15 is 0 Å². The Morgan fingerprint density at radius 2 is 1.78 bits per heavy atom. The van der Waals surface area contributed by atoms with Crippen molar-refractivity contribution in [3.63, 3.8) is 0 Å². The highest BCUT2D eigenvalue weighted by Gasteiger charge is 2.30. The predicted molar refractivity (Wildman–Crippen MR) is 104 cm³/mol. The van der Waals surface area contributed by atoms with E-state index in [-0.39, 0.29) is 34.6 Å². The van der Waals surface area contributed by atoms with Crippen LogP contribution in [0.4, 0.5) is 5.69 Å². The molecule has 0 aromatic heterocycles. The number of nitrogens with one attached hydrogen (secondary N) is 1. The molecule has 1 amide bonds. The maximum Gasteiger partial charge on any atom is 0.243 e. The average Bonchev–Trinajstić information content (AvgIpc) is 2.94. The normalized spacial score (nSPS) is 24.0. The van der Waals surface area contributed by atoms with Gasteiger partial charge < -0.3 is 5.32 Å². The second kappa shape index (κ2) is 7.89. The molecule has 0 spiro atoms. The second-order valence-corrected chi connectivity index (χ2v) is 11.8. The van der Waals surface area contributed by atoms with Crippen molar-refractivity contribution >= 4 is 31.5 Å². The molecule has 1 aromatic rings. The zero-order valence-corrected chi connectivity index (χ0v) is 17.1. The number of sulfone groups is 1. The summed E-state index contributed by atoms with van der Waals surface area (Å²) in [6.45, 7) is 3.20. The summed E-state index contributed by atoms with van der Waals surface area (Å²) in [5.41, 5.74) is 0.507. The molecule has 0 radical (unpaired) electrons. The number of carbonyl (C=O) groups is 1. The number of carbonyl (C=O) groups excluding carboxylic acids is 1. The molecule has 2 aliphatic rings. The zero-order valence-electron chi connectivity index (χ0n) is 15.4. The van der Waals surface area contributed by atoms with Gasteiger partial charge in [0, 0.05) is 25.2 Å². The summed E-state index contributed by atoms with van der Waals surface area (Å²) < 4.78 is 49.9. The molecule has 0 aliphatic carbocycles. The highest BCUT2D eigenvalue weighted by Crippen LogP contribution is 2.25. The van der Waals surface area contributed by atoms with Crippen LogP contribution in [0.2, 0.25) is 0 Å². The van der Waals surface area contributed by atoms with E-state index in [0.29, 0.717) is 31.1 Å². The minimum absolute atomic E-state index is 0.0616. The van der Waals surface area contributed by atoms with Gasteiger partial charge in [0.05, 0.1) is 16.4 Å². The standard InChI is InChI=1S/C18H26N2O5S2/c1-14-6-9-20(10-7-14)27(24,25)17-4-2-16(3-5-17)19-18(21)12-15-8-11-26(22,23)13-15/h2-5,14-15H,6-13H2,1H3,(H,19,21)/t15-/m1/s1. The average molecular weight is 415 g/mol. The number of rotatable bonds is 5. The molecule has 1 atom stereocenters. The monoisotopic (exact) mass is 414 g/mol. The summed E-state index contributed by atoms with van der Waals surface area (Å²) in [5, 5.41) is 2.72. The molecule has 9 heteroatoms. The van der Waals surface area contributed by atoms with E-state index in [1.54, 1.807) is 12.1 Å². The van der Waals surface area contributed by atoms with Gasteiger partial charge in [-0.2, -0.15) is 4.31 Å². The van der Waals surface area contributed by atoms with Crippen LogP contribution in [0.3, 0.4) is 0 Å². The van der Waals surface area contributed by atoms with Gasteiger partial charge in [0.15, 0.2) is 9.84 Å². The van der Waals surface area contributed by atoms with Gasteiger partial charge >= 0.3 is 0 Å². The van der Waals surface area contributed by atoms with Gasteiger partial charge in [0.25, 0.3) is 0 Å². The van der Waals surface area contributed by atoms with E-state index in [1.807, 2.05) is 0 Å². The quantitative estimate of drug-likeness (QED) is 0.793. The molecule has 2 heterocycles. The Morgan fingerprint density at radius 1 is 1.15 bits per heavy atom. The lowest BCUT2D eigenvalue weighted by molar-refractivity contribution is -0.116. The zero-order chi connectivity index (χ0) is 19.7. The van der Waals surface area contributed by atoms with E-state index in [2.05, 4.69) is 12.2 Å². The fourth-order valence-electron chi connectivity index (χ4n) is 3.59. The molecule has 3 rings (SSSR count). The first-order valence-electron chi connectivity index (χ1n) is 9.26. The molecule has 1 aromatic carbocycles. The SMILES string of the molecule is CC1CCN(S(=O)(=O)c2ccc(NC(=O)C[C@H]3CCS(=O)(=O)C3)cc2)CC1. The van der Waals surface area contributed by atoms with Crippen LogP contribution in [0.5, 0.6) is 0 Å². The number of amides is 1. The topological polar surface area (TPSA) is 101 Å². The van der Waals surface area contributed by atoms with E-state index in [9.17, 15) is 21.6 Å². The fourth-order valence-corrected chi connectivity index (χ4v) is 6.92. The Morgan fingerprint density at radius 3 is 2.33 bits per heavy atom. The van der Waals surface area contributed by atoms with Crippen molar-refractivity contribution in [3.8, 4) is 0 Å². The van der Waals surface area contributed by atoms with Crippen molar-refractivity contribution in [1.29, 1.82) is 0 Å². The summed E-state index contributed by atoms with van der Waals surface area (Å²) in [4.78, 5) is 12.3. The lowest BCUT2D eigenvalue weighted by atomic mass is 10.0. The van der Waals surface area contributed by atoms with Crippen molar-refractivity contribution in [1.82, 2.24) is 4.31 Å². The molecule has 2 fully saturated rings. The molecule has 1 N–H and O–H groups in total. The Balaban J connectivity index is 1.59. The van der Waals surface area contributed by atoms with Gasteiger partial charge in [-0.05, 0) is 55.4 Å². The van der Waals surface area contributed by atoms with Crippen LogP contribution < -0.4 is 5.32 Å². The molecular formula is C18H26N2O5S2. The first-order chi connectivity index (χ1) is 12.7. The summed E-state index contributed by atoms with van der Waals surface area (Å²) in [5.74, 6) is 0.358. The molecule has 0 bridgehead atoms. The lowest BCUT2D eigenvalue weighted by Gasteiger charge is -2.29. The lowest BCUT2D eigenvalue weighted by Crippen LogP contribution is -2.37. The van der Waals surface area contributed by atoms with Crippen LogP contribution in [-0.4, -0.2) is 51.6 Å². The van der Waals surface area contributed by atoms with Gasteiger partial charge in [0.1, 0.15) is 0 Å². The van der Waals surface area contributed by atoms with Crippen molar-refractivity contribution in [2.45, 2.75) is 37.5 Å². The summed E-state index contributed by atoms with van der Waals surface area (Å²) in [6.07, 6.45) is 2.40. The smallest absolute Gasteiger partial charge is 0.243 e. The molecule has 150 valence electrons. The molecule has 7 nitrogen and oxygen atoms in total. The molecular weight excluding hydrogens is 388 g/mol. The summed E-state index contributed by atoms with van der Waals surface area (Å²) in [7, 11) is -6.51. The Labute approximate surface area is 161 Å². The van der Waals surface area contributed by atoms with E-state index in [4.69, 9.17) is 0 Å². The number of anilines is 1. The fraction of sp³-hybridized carbons (Fsp3) is 0.611. The maximum atomic E-state index is 12.7. The number of hydrogen-bond acceptors (Lipinski definition) is 5. The first kappa shape index (κ1) is 20.3. The summed E-state index contributed by atoms with van der Waals surface area (Å²) >= 11 is 0. The number of sulfonamides is 1.